The van der Waals surface area contributed by atoms with Crippen molar-refractivity contribution >= 4 is 0 Å². The second-order valence-electron chi connectivity index (χ2n) is 5.61. The van der Waals surface area contributed by atoms with Crippen molar-refractivity contribution < 1.29 is 0 Å². The maximum atomic E-state index is 3.65. The molecule has 2 aromatic rings. The normalized spacial score (nSPS) is 12.4. The van der Waals surface area contributed by atoms with Gasteiger partial charge in [-0.15, -0.1) is 0 Å². The van der Waals surface area contributed by atoms with Gasteiger partial charge in [0.05, 0.1) is 0 Å². The van der Waals surface area contributed by atoms with E-state index < -0.39 is 0 Å². The highest BCUT2D eigenvalue weighted by Crippen LogP contribution is 2.26. The fourth-order valence-electron chi connectivity index (χ4n) is 3.11. The molecule has 0 aliphatic rings. The van der Waals surface area contributed by atoms with Gasteiger partial charge in [-0.3, -0.25) is 0 Å². The second-order valence-corrected chi connectivity index (χ2v) is 5.61. The van der Waals surface area contributed by atoms with Crippen LogP contribution in [0, 0.1) is 20.8 Å². The van der Waals surface area contributed by atoms with E-state index >= 15 is 0 Å². The number of nitrogens with one attached hydrogen (secondary N) is 1. The molecule has 1 heteroatoms. The predicted octanol–water partition coefficient (Wildman–Crippen LogP) is 4.51. The maximum absolute atomic E-state index is 3.65. The van der Waals surface area contributed by atoms with Crippen LogP contribution >= 0.6 is 0 Å². The molecule has 2 aromatic carbocycles. The molecule has 1 N–H and O–H groups in total. The van der Waals surface area contributed by atoms with Crippen LogP contribution < -0.4 is 5.32 Å². The average Bonchev–Trinajstić information content (AvgIpc) is 2.39. The van der Waals surface area contributed by atoms with Crippen molar-refractivity contribution in [3.8, 4) is 0 Å². The van der Waals surface area contributed by atoms with Crippen LogP contribution in [0.4, 0.5) is 0 Å². The molecule has 20 heavy (non-hydrogen) atoms. The molecule has 0 aliphatic heterocycles. The molecule has 0 radical (unpaired) electrons. The molecule has 0 amide bonds. The zero-order chi connectivity index (χ0) is 14.5. The Bertz CT molecular complexity index is 534. The zero-order valence-electron chi connectivity index (χ0n) is 13.0. The van der Waals surface area contributed by atoms with Crippen LogP contribution in [0.25, 0.3) is 0 Å². The third-order valence-corrected chi connectivity index (χ3v) is 3.82. The number of benzene rings is 2. The summed E-state index contributed by atoms with van der Waals surface area (Å²) in [6.07, 6.45) is 1.04. The molecule has 1 nitrogen and oxygen atoms in total. The van der Waals surface area contributed by atoms with E-state index in [0.29, 0.717) is 6.04 Å². The van der Waals surface area contributed by atoms with Gasteiger partial charge in [-0.05, 0) is 56.0 Å². The minimum Gasteiger partial charge on any atom is -0.310 e. The molecule has 0 heterocycles. The molecule has 0 spiro atoms. The maximum Gasteiger partial charge on any atom is 0.0366 e. The third-order valence-electron chi connectivity index (χ3n) is 3.82. The Morgan fingerprint density at radius 2 is 1.55 bits per heavy atom. The van der Waals surface area contributed by atoms with Crippen molar-refractivity contribution in [1.82, 2.24) is 5.32 Å². The van der Waals surface area contributed by atoms with E-state index in [1.54, 1.807) is 0 Å². The van der Waals surface area contributed by atoms with Crippen LogP contribution in [0.15, 0.2) is 42.5 Å². The second kappa shape index (κ2) is 6.71. The lowest BCUT2D eigenvalue weighted by Crippen LogP contribution is -2.24. The largest absolute Gasteiger partial charge is 0.310 e. The first-order valence-corrected chi connectivity index (χ1v) is 7.47. The van der Waals surface area contributed by atoms with Gasteiger partial charge in [0.25, 0.3) is 0 Å². The highest BCUT2D eigenvalue weighted by atomic mass is 14.9. The lowest BCUT2D eigenvalue weighted by atomic mass is 9.90. The van der Waals surface area contributed by atoms with Gasteiger partial charge in [0, 0.05) is 6.04 Å². The SMILES string of the molecule is CCNC(Cc1ccccc1)c1c(C)cc(C)cc1C. The molecule has 106 valence electrons. The summed E-state index contributed by atoms with van der Waals surface area (Å²) >= 11 is 0. The Morgan fingerprint density at radius 3 is 2.10 bits per heavy atom. The van der Waals surface area contributed by atoms with Crippen molar-refractivity contribution in [2.45, 2.75) is 40.2 Å². The van der Waals surface area contributed by atoms with Gasteiger partial charge >= 0.3 is 0 Å². The summed E-state index contributed by atoms with van der Waals surface area (Å²) in [7, 11) is 0. The van der Waals surface area contributed by atoms with E-state index in [9.17, 15) is 0 Å². The summed E-state index contributed by atoms with van der Waals surface area (Å²) in [5, 5.41) is 3.65. The molecule has 0 saturated carbocycles. The van der Waals surface area contributed by atoms with Crippen molar-refractivity contribution in [3.63, 3.8) is 0 Å². The minimum atomic E-state index is 0.392. The lowest BCUT2D eigenvalue weighted by molar-refractivity contribution is 0.545. The predicted molar refractivity (Wildman–Crippen MR) is 87.2 cm³/mol. The summed E-state index contributed by atoms with van der Waals surface area (Å²) in [6, 6.07) is 15.7. The fourth-order valence-corrected chi connectivity index (χ4v) is 3.11. The van der Waals surface area contributed by atoms with E-state index in [4.69, 9.17) is 0 Å². The Kier molecular flexibility index (Phi) is 4.97. The molecule has 0 bridgehead atoms. The van der Waals surface area contributed by atoms with Gasteiger partial charge in [-0.25, -0.2) is 0 Å². The quantitative estimate of drug-likeness (QED) is 0.840. The van der Waals surface area contributed by atoms with E-state index in [1.165, 1.54) is 27.8 Å². The smallest absolute Gasteiger partial charge is 0.0366 e. The molecule has 0 fully saturated rings. The number of likely N-dealkylation sites (N-methyl/N-ethyl adjacent to an activating group) is 1. The van der Waals surface area contributed by atoms with Gasteiger partial charge in [-0.2, -0.15) is 0 Å². The van der Waals surface area contributed by atoms with Crippen molar-refractivity contribution in [2.24, 2.45) is 0 Å². The first-order chi connectivity index (χ1) is 9.61. The molecule has 0 aromatic heterocycles. The van der Waals surface area contributed by atoms with E-state index in [-0.39, 0.29) is 0 Å². The number of rotatable bonds is 5. The van der Waals surface area contributed by atoms with Crippen LogP contribution in [0.2, 0.25) is 0 Å². The first kappa shape index (κ1) is 14.8. The Morgan fingerprint density at radius 1 is 0.950 bits per heavy atom. The van der Waals surface area contributed by atoms with Crippen LogP contribution in [-0.4, -0.2) is 6.54 Å². The molecule has 0 aliphatic carbocycles. The minimum absolute atomic E-state index is 0.392. The first-order valence-electron chi connectivity index (χ1n) is 7.47. The van der Waals surface area contributed by atoms with Crippen molar-refractivity contribution in [2.75, 3.05) is 6.54 Å². The Hall–Kier alpha value is -1.60. The van der Waals surface area contributed by atoms with E-state index in [0.717, 1.165) is 13.0 Å². The zero-order valence-corrected chi connectivity index (χ0v) is 13.0. The molecule has 0 saturated heterocycles. The summed E-state index contributed by atoms with van der Waals surface area (Å²) < 4.78 is 0. The van der Waals surface area contributed by atoms with Gasteiger partial charge < -0.3 is 5.32 Å². The van der Waals surface area contributed by atoms with E-state index in [2.05, 4.69) is 75.5 Å². The number of aryl methyl sites for hydroxylation is 3. The summed E-state index contributed by atoms with van der Waals surface area (Å²) in [6.45, 7) is 9.79. The Labute approximate surface area is 123 Å². The molecule has 1 atom stereocenters. The fraction of sp³-hybridized carbons (Fsp3) is 0.368. The van der Waals surface area contributed by atoms with Crippen LogP contribution in [0.1, 0.15) is 40.8 Å². The third kappa shape index (κ3) is 3.49. The summed E-state index contributed by atoms with van der Waals surface area (Å²) in [4.78, 5) is 0. The highest BCUT2D eigenvalue weighted by Gasteiger charge is 2.16. The Balaban J connectivity index is 2.34. The van der Waals surface area contributed by atoms with Crippen molar-refractivity contribution in [3.05, 3.63) is 70.3 Å². The van der Waals surface area contributed by atoms with Gasteiger partial charge in [0.15, 0.2) is 0 Å². The molecule has 2 rings (SSSR count). The monoisotopic (exact) mass is 267 g/mol. The molecular formula is C19H25N. The van der Waals surface area contributed by atoms with E-state index in [1.807, 2.05) is 0 Å². The van der Waals surface area contributed by atoms with Crippen LogP contribution in [-0.2, 0) is 6.42 Å². The van der Waals surface area contributed by atoms with Gasteiger partial charge in [0.2, 0.25) is 0 Å². The lowest BCUT2D eigenvalue weighted by Gasteiger charge is -2.23. The van der Waals surface area contributed by atoms with Gasteiger partial charge in [-0.1, -0.05) is 55.0 Å². The number of hydrogen-bond donors (Lipinski definition) is 1. The standard InChI is InChI=1S/C19H25N/c1-5-20-18(13-17-9-7-6-8-10-17)19-15(3)11-14(2)12-16(19)4/h6-12,18,20H,5,13H2,1-4H3. The topological polar surface area (TPSA) is 12.0 Å². The van der Waals surface area contributed by atoms with Crippen molar-refractivity contribution in [1.29, 1.82) is 0 Å². The average molecular weight is 267 g/mol. The summed E-state index contributed by atoms with van der Waals surface area (Å²) in [5.41, 5.74) is 6.98. The number of hydrogen-bond acceptors (Lipinski definition) is 1. The molecular weight excluding hydrogens is 242 g/mol. The summed E-state index contributed by atoms with van der Waals surface area (Å²) in [5.74, 6) is 0. The van der Waals surface area contributed by atoms with Gasteiger partial charge in [0.1, 0.15) is 0 Å². The van der Waals surface area contributed by atoms with Crippen LogP contribution in [0.3, 0.4) is 0 Å². The highest BCUT2D eigenvalue weighted by molar-refractivity contribution is 5.40. The van der Waals surface area contributed by atoms with Crippen LogP contribution in [0.5, 0.6) is 0 Å². The molecule has 1 unspecified atom stereocenters.